The van der Waals surface area contributed by atoms with E-state index in [1.54, 1.807) is 0 Å². The quantitative estimate of drug-likeness (QED) is 0.761. The Bertz CT molecular complexity index is 1020. The monoisotopic (exact) mass is 347 g/mol. The summed E-state index contributed by atoms with van der Waals surface area (Å²) in [5, 5.41) is 6.93. The van der Waals surface area contributed by atoms with E-state index in [9.17, 15) is 9.59 Å². The Balaban J connectivity index is 1.57. The molecule has 132 valence electrons. The molecule has 5 nitrogen and oxygen atoms in total. The van der Waals surface area contributed by atoms with Gasteiger partial charge in [-0.15, -0.1) is 0 Å². The van der Waals surface area contributed by atoms with Gasteiger partial charge in [-0.2, -0.15) is 0 Å². The maximum atomic E-state index is 12.8. The van der Waals surface area contributed by atoms with E-state index >= 15 is 0 Å². The van der Waals surface area contributed by atoms with Crippen molar-refractivity contribution in [3.05, 3.63) is 65.4 Å². The zero-order chi connectivity index (χ0) is 18.3. The van der Waals surface area contributed by atoms with Crippen molar-refractivity contribution in [2.24, 2.45) is 7.05 Å². The number of hydrogen-bond donors (Lipinski definition) is 2. The van der Waals surface area contributed by atoms with Crippen LogP contribution < -0.4 is 10.6 Å². The molecule has 4 rings (SSSR count). The largest absolute Gasteiger partial charge is 0.351 e. The maximum Gasteiger partial charge on any atom is 0.252 e. The molecule has 2 amide bonds. The zero-order valence-electron chi connectivity index (χ0n) is 14.9. The minimum atomic E-state index is -0.121. The predicted octanol–water partition coefficient (Wildman–Crippen LogP) is 3.55. The second kappa shape index (κ2) is 6.33. The normalized spacial score (nSPS) is 14.6. The predicted molar refractivity (Wildman–Crippen MR) is 102 cm³/mol. The van der Waals surface area contributed by atoms with E-state index in [1.165, 1.54) is 0 Å². The number of anilines is 1. The van der Waals surface area contributed by atoms with Crippen molar-refractivity contribution in [3.8, 4) is 0 Å². The Labute approximate surface area is 152 Å². The average Bonchev–Trinajstić information content (AvgIpc) is 3.02. The van der Waals surface area contributed by atoms with E-state index in [2.05, 4.69) is 16.7 Å². The van der Waals surface area contributed by atoms with Gasteiger partial charge in [0.25, 0.3) is 5.91 Å². The molecule has 0 unspecified atom stereocenters. The first-order chi connectivity index (χ1) is 12.5. The number of benzene rings is 2. The van der Waals surface area contributed by atoms with Gasteiger partial charge in [0.05, 0.1) is 6.04 Å². The third-order valence-corrected chi connectivity index (χ3v) is 5.04. The number of aromatic nitrogens is 1. The Morgan fingerprint density at radius 3 is 2.88 bits per heavy atom. The molecule has 0 radical (unpaired) electrons. The molecule has 1 aliphatic rings. The van der Waals surface area contributed by atoms with Crippen molar-refractivity contribution < 1.29 is 9.59 Å². The van der Waals surface area contributed by atoms with Gasteiger partial charge in [0.1, 0.15) is 0 Å². The van der Waals surface area contributed by atoms with Crippen molar-refractivity contribution in [2.45, 2.75) is 25.8 Å². The van der Waals surface area contributed by atoms with Crippen molar-refractivity contribution in [1.29, 1.82) is 0 Å². The summed E-state index contributed by atoms with van der Waals surface area (Å²) >= 11 is 0. The van der Waals surface area contributed by atoms with Crippen molar-refractivity contribution in [1.82, 2.24) is 9.88 Å². The Morgan fingerprint density at radius 1 is 1.19 bits per heavy atom. The van der Waals surface area contributed by atoms with E-state index in [-0.39, 0.29) is 17.9 Å². The molecule has 0 spiro atoms. The molecule has 0 bridgehead atoms. The lowest BCUT2D eigenvalue weighted by atomic mass is 9.97. The van der Waals surface area contributed by atoms with Gasteiger partial charge in [0.2, 0.25) is 5.91 Å². The second-order valence-electron chi connectivity index (χ2n) is 6.82. The SMILES string of the molecule is C[C@H](NC(=O)c1cccc2c1ccn2C)c1ccc2c(c1)CCC(=O)N2. The topological polar surface area (TPSA) is 63.1 Å². The van der Waals surface area contributed by atoms with E-state index in [4.69, 9.17) is 0 Å². The molecule has 2 aromatic carbocycles. The highest BCUT2D eigenvalue weighted by molar-refractivity contribution is 6.06. The molecule has 26 heavy (non-hydrogen) atoms. The summed E-state index contributed by atoms with van der Waals surface area (Å²) in [5.41, 5.74) is 4.74. The molecule has 0 saturated heterocycles. The highest BCUT2D eigenvalue weighted by atomic mass is 16.2. The van der Waals surface area contributed by atoms with Gasteiger partial charge in [-0.1, -0.05) is 18.2 Å². The van der Waals surface area contributed by atoms with Gasteiger partial charge in [-0.3, -0.25) is 9.59 Å². The van der Waals surface area contributed by atoms with E-state index < -0.39 is 0 Å². The molecular weight excluding hydrogens is 326 g/mol. The number of rotatable bonds is 3. The van der Waals surface area contributed by atoms with Crippen LogP contribution in [-0.2, 0) is 18.3 Å². The fourth-order valence-electron chi connectivity index (χ4n) is 3.53. The molecule has 1 atom stereocenters. The van der Waals surface area contributed by atoms with Crippen LogP contribution in [0.2, 0.25) is 0 Å². The summed E-state index contributed by atoms with van der Waals surface area (Å²) in [6, 6.07) is 13.6. The molecule has 0 aliphatic carbocycles. The van der Waals surface area contributed by atoms with Gasteiger partial charge >= 0.3 is 0 Å². The Morgan fingerprint density at radius 2 is 2.04 bits per heavy atom. The summed E-state index contributed by atoms with van der Waals surface area (Å²) in [7, 11) is 1.97. The van der Waals surface area contributed by atoms with Crippen LogP contribution in [0.4, 0.5) is 5.69 Å². The van der Waals surface area contributed by atoms with Crippen LogP contribution in [0.3, 0.4) is 0 Å². The smallest absolute Gasteiger partial charge is 0.252 e. The molecular formula is C21H21N3O2. The van der Waals surface area contributed by atoms with E-state index in [0.717, 1.165) is 34.1 Å². The Hall–Kier alpha value is -3.08. The summed E-state index contributed by atoms with van der Waals surface area (Å²) in [6.45, 7) is 1.98. The molecule has 2 heterocycles. The van der Waals surface area contributed by atoms with Crippen LogP contribution in [0.15, 0.2) is 48.7 Å². The lowest BCUT2D eigenvalue weighted by molar-refractivity contribution is -0.116. The van der Waals surface area contributed by atoms with E-state index in [0.29, 0.717) is 12.0 Å². The van der Waals surface area contributed by atoms with Crippen molar-refractivity contribution >= 4 is 28.4 Å². The number of carbonyl (C=O) groups is 2. The van der Waals surface area contributed by atoms with E-state index in [1.807, 2.05) is 61.1 Å². The second-order valence-corrected chi connectivity index (χ2v) is 6.82. The summed E-state index contributed by atoms with van der Waals surface area (Å²) in [6.07, 6.45) is 3.20. The van der Waals surface area contributed by atoms with Crippen LogP contribution in [0.1, 0.15) is 40.9 Å². The number of nitrogens with zero attached hydrogens (tertiary/aromatic N) is 1. The molecule has 2 N–H and O–H groups in total. The number of nitrogens with one attached hydrogen (secondary N) is 2. The summed E-state index contributed by atoms with van der Waals surface area (Å²) in [4.78, 5) is 24.3. The molecule has 0 saturated carbocycles. The van der Waals surface area contributed by atoms with Crippen LogP contribution in [-0.4, -0.2) is 16.4 Å². The number of aryl methyl sites for hydroxylation is 2. The molecule has 1 aromatic heterocycles. The van der Waals surface area contributed by atoms with Gasteiger partial charge in [-0.05, 0) is 48.7 Å². The van der Waals surface area contributed by atoms with Crippen LogP contribution in [0.25, 0.3) is 10.9 Å². The minimum Gasteiger partial charge on any atom is -0.351 e. The molecule has 0 fully saturated rings. The highest BCUT2D eigenvalue weighted by Gasteiger charge is 2.18. The minimum absolute atomic E-state index is 0.0579. The highest BCUT2D eigenvalue weighted by Crippen LogP contribution is 2.26. The first-order valence-corrected chi connectivity index (χ1v) is 8.80. The van der Waals surface area contributed by atoms with Crippen LogP contribution >= 0.6 is 0 Å². The molecule has 5 heteroatoms. The number of fused-ring (bicyclic) bond motifs is 2. The lowest BCUT2D eigenvalue weighted by Crippen LogP contribution is -2.27. The van der Waals surface area contributed by atoms with Gasteiger partial charge in [0.15, 0.2) is 0 Å². The van der Waals surface area contributed by atoms with Gasteiger partial charge < -0.3 is 15.2 Å². The fraction of sp³-hybridized carbons (Fsp3) is 0.238. The third kappa shape index (κ3) is 2.86. The van der Waals surface area contributed by atoms with Gasteiger partial charge in [-0.25, -0.2) is 0 Å². The van der Waals surface area contributed by atoms with Gasteiger partial charge in [0, 0.05) is 41.8 Å². The van der Waals surface area contributed by atoms with Crippen molar-refractivity contribution in [2.75, 3.05) is 5.32 Å². The van der Waals surface area contributed by atoms with Crippen LogP contribution in [0.5, 0.6) is 0 Å². The standard InChI is InChI=1S/C21H21N3O2/c1-13(14-6-8-18-15(12-14)7-9-20(25)23-18)22-21(26)17-4-3-5-19-16(17)10-11-24(19)2/h3-6,8,10-13H,7,9H2,1-2H3,(H,22,26)(H,23,25)/t13-/m0/s1. The summed E-state index contributed by atoms with van der Waals surface area (Å²) in [5.74, 6) is -0.0251. The number of hydrogen-bond acceptors (Lipinski definition) is 2. The average molecular weight is 347 g/mol. The summed E-state index contributed by atoms with van der Waals surface area (Å²) < 4.78 is 2.01. The van der Waals surface area contributed by atoms with Crippen LogP contribution in [0, 0.1) is 0 Å². The van der Waals surface area contributed by atoms with Crippen molar-refractivity contribution in [3.63, 3.8) is 0 Å². The first kappa shape index (κ1) is 16.4. The first-order valence-electron chi connectivity index (χ1n) is 8.80. The molecule has 3 aromatic rings. The number of carbonyl (C=O) groups excluding carboxylic acids is 2. The number of amides is 2. The molecule has 1 aliphatic heterocycles. The third-order valence-electron chi connectivity index (χ3n) is 5.04. The zero-order valence-corrected chi connectivity index (χ0v) is 14.9. The lowest BCUT2D eigenvalue weighted by Gasteiger charge is -2.20. The Kier molecular flexibility index (Phi) is 3.99. The maximum absolute atomic E-state index is 12.8. The fourth-order valence-corrected chi connectivity index (χ4v) is 3.53.